The second kappa shape index (κ2) is 7.11. The lowest BCUT2D eigenvalue weighted by molar-refractivity contribution is -0.149. The molecular formula is C21H27N3O4. The number of carboxylic acids is 1. The van der Waals surface area contributed by atoms with Gasteiger partial charge in [-0.2, -0.15) is 0 Å². The summed E-state index contributed by atoms with van der Waals surface area (Å²) in [6, 6.07) is 9.59. The zero-order valence-corrected chi connectivity index (χ0v) is 16.1. The fraction of sp³-hybridized carbons (Fsp3) is 0.571. The molecule has 1 aromatic rings. The Morgan fingerprint density at radius 3 is 2.71 bits per heavy atom. The zero-order valence-electron chi connectivity index (χ0n) is 16.1. The van der Waals surface area contributed by atoms with Gasteiger partial charge in [-0.05, 0) is 24.3 Å². The van der Waals surface area contributed by atoms with Crippen molar-refractivity contribution in [2.75, 3.05) is 26.7 Å². The molecule has 2 heterocycles. The summed E-state index contributed by atoms with van der Waals surface area (Å²) in [5.74, 6) is -0.655. The Labute approximate surface area is 164 Å². The van der Waals surface area contributed by atoms with E-state index in [0.717, 1.165) is 18.4 Å². The summed E-state index contributed by atoms with van der Waals surface area (Å²) < 4.78 is 0. The van der Waals surface area contributed by atoms with Crippen molar-refractivity contribution >= 4 is 17.9 Å². The average Bonchev–Trinajstić information content (AvgIpc) is 3.32. The maximum atomic E-state index is 12.7. The highest BCUT2D eigenvalue weighted by atomic mass is 16.4. The van der Waals surface area contributed by atoms with E-state index in [0.29, 0.717) is 25.9 Å². The van der Waals surface area contributed by atoms with Gasteiger partial charge in [-0.25, -0.2) is 4.79 Å². The standard InChI is InChI=1S/C21H27N3O4/c1-23-17(25)10-15(18(23)14-6-3-2-4-7-14)11-22-20(28)24-12-16-8-5-9-21(16,13-24)19(26)27/h2-4,6-7,15-16,18H,5,8-13H2,1H3,(H,22,28)(H,26,27)/t15-,16-,18-,21+/m0/s1. The van der Waals surface area contributed by atoms with Crippen LogP contribution in [0.3, 0.4) is 0 Å². The van der Waals surface area contributed by atoms with Crippen LogP contribution in [0.5, 0.6) is 0 Å². The average molecular weight is 385 g/mol. The molecule has 0 spiro atoms. The number of likely N-dealkylation sites (tertiary alicyclic amines) is 2. The molecule has 0 bridgehead atoms. The number of amides is 3. The maximum absolute atomic E-state index is 12.7. The van der Waals surface area contributed by atoms with E-state index >= 15 is 0 Å². The predicted molar refractivity (Wildman–Crippen MR) is 102 cm³/mol. The number of rotatable bonds is 4. The second-order valence-corrected chi connectivity index (χ2v) is 8.44. The topological polar surface area (TPSA) is 90.0 Å². The molecule has 1 aromatic carbocycles. The fourth-order valence-corrected chi connectivity index (χ4v) is 5.40. The van der Waals surface area contributed by atoms with Crippen molar-refractivity contribution < 1.29 is 19.5 Å². The lowest BCUT2D eigenvalue weighted by Crippen LogP contribution is -2.43. The van der Waals surface area contributed by atoms with Gasteiger partial charge in [0.05, 0.1) is 11.5 Å². The van der Waals surface area contributed by atoms with E-state index in [9.17, 15) is 19.5 Å². The molecule has 3 fully saturated rings. The molecular weight excluding hydrogens is 358 g/mol. The molecule has 3 aliphatic rings. The summed E-state index contributed by atoms with van der Waals surface area (Å²) >= 11 is 0. The van der Waals surface area contributed by atoms with E-state index in [1.165, 1.54) is 0 Å². The molecule has 7 heteroatoms. The minimum atomic E-state index is -0.780. The minimum Gasteiger partial charge on any atom is -0.481 e. The van der Waals surface area contributed by atoms with Gasteiger partial charge in [0, 0.05) is 39.0 Å². The van der Waals surface area contributed by atoms with Crippen molar-refractivity contribution in [2.24, 2.45) is 17.3 Å². The van der Waals surface area contributed by atoms with Crippen LogP contribution in [0, 0.1) is 17.3 Å². The Hall–Kier alpha value is -2.57. The number of carbonyl (C=O) groups is 3. The molecule has 4 rings (SSSR count). The number of fused-ring (bicyclic) bond motifs is 1. The maximum Gasteiger partial charge on any atom is 0.317 e. The number of nitrogens with zero attached hydrogens (tertiary/aromatic N) is 2. The molecule has 4 atom stereocenters. The molecule has 0 unspecified atom stereocenters. The molecule has 2 N–H and O–H groups in total. The molecule has 3 amide bonds. The Kier molecular flexibility index (Phi) is 4.77. The van der Waals surface area contributed by atoms with E-state index in [-0.39, 0.29) is 36.4 Å². The molecule has 28 heavy (non-hydrogen) atoms. The number of carbonyl (C=O) groups excluding carboxylic acids is 2. The summed E-state index contributed by atoms with van der Waals surface area (Å²) in [6.45, 7) is 1.18. The van der Waals surface area contributed by atoms with Gasteiger partial charge in [-0.1, -0.05) is 36.8 Å². The van der Waals surface area contributed by atoms with Crippen LogP contribution in [0.1, 0.15) is 37.3 Å². The molecule has 1 saturated carbocycles. The van der Waals surface area contributed by atoms with Crippen LogP contribution in [0.2, 0.25) is 0 Å². The van der Waals surface area contributed by atoms with Crippen molar-refractivity contribution in [3.63, 3.8) is 0 Å². The van der Waals surface area contributed by atoms with Gasteiger partial charge < -0.3 is 20.2 Å². The third kappa shape index (κ3) is 3.02. The Morgan fingerprint density at radius 1 is 1.29 bits per heavy atom. The Bertz CT molecular complexity index is 783. The highest BCUT2D eigenvalue weighted by Gasteiger charge is 2.55. The van der Waals surface area contributed by atoms with Crippen LogP contribution in [0.4, 0.5) is 4.79 Å². The van der Waals surface area contributed by atoms with Crippen molar-refractivity contribution in [1.29, 1.82) is 0 Å². The van der Waals surface area contributed by atoms with E-state index in [4.69, 9.17) is 0 Å². The monoisotopic (exact) mass is 385 g/mol. The van der Waals surface area contributed by atoms with E-state index in [1.807, 2.05) is 30.3 Å². The smallest absolute Gasteiger partial charge is 0.317 e. The highest BCUT2D eigenvalue weighted by Crippen LogP contribution is 2.48. The van der Waals surface area contributed by atoms with Crippen molar-refractivity contribution in [2.45, 2.75) is 31.7 Å². The number of hydrogen-bond acceptors (Lipinski definition) is 3. The molecule has 7 nitrogen and oxygen atoms in total. The van der Waals surface area contributed by atoms with Gasteiger partial charge in [0.25, 0.3) is 0 Å². The van der Waals surface area contributed by atoms with Crippen LogP contribution in [-0.4, -0.2) is 59.5 Å². The first-order valence-corrected chi connectivity index (χ1v) is 9.99. The molecule has 0 aromatic heterocycles. The third-order valence-corrected chi connectivity index (χ3v) is 6.93. The number of urea groups is 1. The number of aliphatic carboxylic acids is 1. The number of nitrogens with one attached hydrogen (secondary N) is 1. The zero-order chi connectivity index (χ0) is 19.9. The van der Waals surface area contributed by atoms with Crippen molar-refractivity contribution in [1.82, 2.24) is 15.1 Å². The van der Waals surface area contributed by atoms with Gasteiger partial charge in [-0.15, -0.1) is 0 Å². The van der Waals surface area contributed by atoms with E-state index in [1.54, 1.807) is 16.8 Å². The molecule has 2 aliphatic heterocycles. The summed E-state index contributed by atoms with van der Waals surface area (Å²) in [6.07, 6.45) is 2.84. The van der Waals surface area contributed by atoms with Crippen LogP contribution < -0.4 is 5.32 Å². The SMILES string of the molecule is CN1C(=O)C[C@@H](CNC(=O)N2C[C@@H]3CCC[C@@]3(C(=O)O)C2)[C@@H]1c1ccccc1. The predicted octanol–water partition coefficient (Wildman–Crippen LogP) is 2.10. The number of hydrogen-bond donors (Lipinski definition) is 2. The second-order valence-electron chi connectivity index (χ2n) is 8.44. The lowest BCUT2D eigenvalue weighted by Gasteiger charge is -2.27. The number of carboxylic acid groups (broad SMARTS) is 1. The Morgan fingerprint density at radius 2 is 2.04 bits per heavy atom. The quantitative estimate of drug-likeness (QED) is 0.831. The first-order chi connectivity index (χ1) is 13.4. The summed E-state index contributed by atoms with van der Waals surface area (Å²) in [5, 5.41) is 12.7. The fourth-order valence-electron chi connectivity index (χ4n) is 5.40. The highest BCUT2D eigenvalue weighted by molar-refractivity contribution is 5.81. The molecule has 150 valence electrons. The first-order valence-electron chi connectivity index (χ1n) is 9.99. The van der Waals surface area contributed by atoms with Gasteiger partial charge in [-0.3, -0.25) is 9.59 Å². The normalized spacial score (nSPS) is 31.9. The van der Waals surface area contributed by atoms with Crippen LogP contribution >= 0.6 is 0 Å². The largest absolute Gasteiger partial charge is 0.481 e. The van der Waals surface area contributed by atoms with Gasteiger partial charge in [0.15, 0.2) is 0 Å². The summed E-state index contributed by atoms with van der Waals surface area (Å²) in [7, 11) is 1.81. The summed E-state index contributed by atoms with van der Waals surface area (Å²) in [4.78, 5) is 40.2. The van der Waals surface area contributed by atoms with Gasteiger partial charge in [0.1, 0.15) is 0 Å². The van der Waals surface area contributed by atoms with Crippen LogP contribution in [0.15, 0.2) is 30.3 Å². The van der Waals surface area contributed by atoms with Crippen molar-refractivity contribution in [3.05, 3.63) is 35.9 Å². The van der Waals surface area contributed by atoms with Crippen molar-refractivity contribution in [3.8, 4) is 0 Å². The van der Waals surface area contributed by atoms with Gasteiger partial charge >= 0.3 is 12.0 Å². The molecule has 1 aliphatic carbocycles. The summed E-state index contributed by atoms with van der Waals surface area (Å²) in [5.41, 5.74) is 0.295. The van der Waals surface area contributed by atoms with Crippen LogP contribution in [0.25, 0.3) is 0 Å². The van der Waals surface area contributed by atoms with Crippen LogP contribution in [-0.2, 0) is 9.59 Å². The molecule has 0 radical (unpaired) electrons. The van der Waals surface area contributed by atoms with E-state index < -0.39 is 11.4 Å². The third-order valence-electron chi connectivity index (χ3n) is 6.93. The minimum absolute atomic E-state index is 0.000568. The molecule has 2 saturated heterocycles. The lowest BCUT2D eigenvalue weighted by atomic mass is 9.81. The van der Waals surface area contributed by atoms with Gasteiger partial charge in [0.2, 0.25) is 5.91 Å². The first kappa shape index (κ1) is 18.8. The Balaban J connectivity index is 1.41. The number of benzene rings is 1. The van der Waals surface area contributed by atoms with E-state index in [2.05, 4.69) is 5.32 Å².